The first-order chi connectivity index (χ1) is 13.3. The normalized spacial score (nSPS) is 12.4. The first kappa shape index (κ1) is 22.4. The molecule has 0 spiro atoms. The zero-order valence-electron chi connectivity index (χ0n) is 15.6. The van der Waals surface area contributed by atoms with Crippen LogP contribution in [0.15, 0.2) is 57.9 Å². The molecule has 0 radical (unpaired) electrons. The molecule has 0 saturated heterocycles. The van der Waals surface area contributed by atoms with Crippen molar-refractivity contribution < 1.29 is 22.7 Å². The first-order valence-corrected chi connectivity index (χ1v) is 10.9. The second-order valence-electron chi connectivity index (χ2n) is 5.99. The molecule has 0 fully saturated rings. The maximum absolute atomic E-state index is 12.1. The standard InChI is InChI=1S/C19H23BrN2O5S/c1-14(15-3-5-16(20)6-4-15)22-19(23)13-27-17-7-9-18(10-8-17)28(24,25)21-11-12-26-2/h3-10,14,21H,11-13H2,1-2H3,(H,22,23). The number of hydrogen-bond donors (Lipinski definition) is 2. The number of hydrogen-bond acceptors (Lipinski definition) is 5. The molecule has 0 aliphatic heterocycles. The van der Waals surface area contributed by atoms with E-state index in [0.717, 1.165) is 10.0 Å². The summed E-state index contributed by atoms with van der Waals surface area (Å²) >= 11 is 3.37. The average Bonchev–Trinajstić information content (AvgIpc) is 2.67. The van der Waals surface area contributed by atoms with E-state index < -0.39 is 10.0 Å². The molecule has 152 valence electrons. The van der Waals surface area contributed by atoms with Gasteiger partial charge in [0.2, 0.25) is 10.0 Å². The molecule has 0 aromatic heterocycles. The highest BCUT2D eigenvalue weighted by atomic mass is 79.9. The van der Waals surface area contributed by atoms with E-state index in [9.17, 15) is 13.2 Å². The molecule has 0 saturated carbocycles. The molecule has 1 atom stereocenters. The topological polar surface area (TPSA) is 93.7 Å². The molecule has 9 heteroatoms. The highest BCUT2D eigenvalue weighted by Gasteiger charge is 2.14. The fourth-order valence-electron chi connectivity index (χ4n) is 2.34. The number of ether oxygens (including phenoxy) is 2. The van der Waals surface area contributed by atoms with Crippen LogP contribution in [0.5, 0.6) is 5.75 Å². The number of carbonyl (C=O) groups is 1. The van der Waals surface area contributed by atoms with Crippen LogP contribution < -0.4 is 14.8 Å². The fraction of sp³-hybridized carbons (Fsp3) is 0.316. The van der Waals surface area contributed by atoms with E-state index >= 15 is 0 Å². The van der Waals surface area contributed by atoms with Gasteiger partial charge in [0, 0.05) is 18.1 Å². The van der Waals surface area contributed by atoms with E-state index in [4.69, 9.17) is 9.47 Å². The minimum atomic E-state index is -3.60. The van der Waals surface area contributed by atoms with Crippen LogP contribution in [0.3, 0.4) is 0 Å². The summed E-state index contributed by atoms with van der Waals surface area (Å²) in [5.74, 6) is 0.135. The number of rotatable bonds is 10. The van der Waals surface area contributed by atoms with Crippen LogP contribution in [0.25, 0.3) is 0 Å². The Bertz CT molecular complexity index is 870. The molecule has 1 amide bonds. The number of carbonyl (C=O) groups excluding carboxylic acids is 1. The zero-order chi connectivity index (χ0) is 20.6. The Morgan fingerprint density at radius 2 is 1.75 bits per heavy atom. The maximum atomic E-state index is 12.1. The van der Waals surface area contributed by atoms with E-state index in [1.54, 1.807) is 0 Å². The van der Waals surface area contributed by atoms with Crippen molar-refractivity contribution in [3.63, 3.8) is 0 Å². The van der Waals surface area contributed by atoms with Crippen molar-refractivity contribution in [2.75, 3.05) is 26.9 Å². The smallest absolute Gasteiger partial charge is 0.258 e. The van der Waals surface area contributed by atoms with Crippen LogP contribution in [0.2, 0.25) is 0 Å². The van der Waals surface area contributed by atoms with E-state index in [1.807, 2.05) is 31.2 Å². The predicted molar refractivity (Wildman–Crippen MR) is 110 cm³/mol. The fourth-order valence-corrected chi connectivity index (χ4v) is 3.62. The lowest BCUT2D eigenvalue weighted by molar-refractivity contribution is -0.123. The first-order valence-electron chi connectivity index (χ1n) is 8.58. The number of sulfonamides is 1. The van der Waals surface area contributed by atoms with Crippen molar-refractivity contribution in [3.8, 4) is 5.75 Å². The van der Waals surface area contributed by atoms with Gasteiger partial charge in [0.15, 0.2) is 6.61 Å². The minimum Gasteiger partial charge on any atom is -0.484 e. The molecule has 2 aromatic carbocycles. The summed E-state index contributed by atoms with van der Waals surface area (Å²) in [6.07, 6.45) is 0. The van der Waals surface area contributed by atoms with Gasteiger partial charge in [-0.1, -0.05) is 28.1 Å². The summed E-state index contributed by atoms with van der Waals surface area (Å²) < 4.78 is 37.8. The van der Waals surface area contributed by atoms with Crippen LogP contribution >= 0.6 is 15.9 Å². The van der Waals surface area contributed by atoms with Gasteiger partial charge in [-0.15, -0.1) is 0 Å². The van der Waals surface area contributed by atoms with Gasteiger partial charge >= 0.3 is 0 Å². The lowest BCUT2D eigenvalue weighted by Gasteiger charge is -2.15. The second-order valence-corrected chi connectivity index (χ2v) is 8.67. The van der Waals surface area contributed by atoms with E-state index in [-0.39, 0.29) is 36.6 Å². The van der Waals surface area contributed by atoms with Crippen LogP contribution in [-0.4, -0.2) is 41.2 Å². The Kier molecular flexibility index (Phi) is 8.43. The van der Waals surface area contributed by atoms with Gasteiger partial charge in [0.25, 0.3) is 5.91 Å². The minimum absolute atomic E-state index is 0.115. The third-order valence-electron chi connectivity index (χ3n) is 3.85. The van der Waals surface area contributed by atoms with Gasteiger partial charge < -0.3 is 14.8 Å². The Morgan fingerprint density at radius 3 is 2.36 bits per heavy atom. The average molecular weight is 471 g/mol. The number of nitrogens with one attached hydrogen (secondary N) is 2. The van der Waals surface area contributed by atoms with E-state index in [2.05, 4.69) is 26.0 Å². The van der Waals surface area contributed by atoms with Crippen molar-refractivity contribution in [3.05, 3.63) is 58.6 Å². The van der Waals surface area contributed by atoms with Gasteiger partial charge in [0.1, 0.15) is 5.75 Å². The summed E-state index contributed by atoms with van der Waals surface area (Å²) in [6, 6.07) is 13.4. The Labute approximate surface area is 173 Å². The van der Waals surface area contributed by atoms with Crippen molar-refractivity contribution in [2.45, 2.75) is 17.9 Å². The molecule has 28 heavy (non-hydrogen) atoms. The van der Waals surface area contributed by atoms with Crippen molar-refractivity contribution in [1.82, 2.24) is 10.0 Å². The number of amides is 1. The second kappa shape index (κ2) is 10.6. The van der Waals surface area contributed by atoms with E-state index in [0.29, 0.717) is 5.75 Å². The molecule has 0 heterocycles. The van der Waals surface area contributed by atoms with Gasteiger partial charge in [0.05, 0.1) is 17.5 Å². The number of benzene rings is 2. The highest BCUT2D eigenvalue weighted by molar-refractivity contribution is 9.10. The molecule has 2 aromatic rings. The molecule has 1 unspecified atom stereocenters. The Morgan fingerprint density at radius 1 is 1.11 bits per heavy atom. The largest absolute Gasteiger partial charge is 0.484 e. The molecule has 2 rings (SSSR count). The number of methoxy groups -OCH3 is 1. The Hall–Kier alpha value is -1.94. The molecular formula is C19H23BrN2O5S. The van der Waals surface area contributed by atoms with Crippen molar-refractivity contribution >= 4 is 31.9 Å². The molecule has 7 nitrogen and oxygen atoms in total. The molecular weight excluding hydrogens is 448 g/mol. The van der Waals surface area contributed by atoms with Crippen molar-refractivity contribution in [2.24, 2.45) is 0 Å². The highest BCUT2D eigenvalue weighted by Crippen LogP contribution is 2.17. The zero-order valence-corrected chi connectivity index (χ0v) is 18.0. The van der Waals surface area contributed by atoms with Gasteiger partial charge in [-0.25, -0.2) is 13.1 Å². The summed E-state index contributed by atoms with van der Waals surface area (Å²) in [6.45, 7) is 2.19. The van der Waals surface area contributed by atoms with Gasteiger partial charge in [-0.2, -0.15) is 0 Å². The maximum Gasteiger partial charge on any atom is 0.258 e. The predicted octanol–water partition coefficient (Wildman–Crippen LogP) is 2.63. The third kappa shape index (κ3) is 6.90. The van der Waals surface area contributed by atoms with Crippen LogP contribution in [0.1, 0.15) is 18.5 Å². The lowest BCUT2D eigenvalue weighted by atomic mass is 10.1. The Balaban J connectivity index is 1.85. The lowest BCUT2D eigenvalue weighted by Crippen LogP contribution is -2.31. The number of halogens is 1. The summed E-state index contributed by atoms with van der Waals surface area (Å²) in [7, 11) is -2.10. The van der Waals surface area contributed by atoms with Crippen LogP contribution in [-0.2, 0) is 19.6 Å². The van der Waals surface area contributed by atoms with E-state index in [1.165, 1.54) is 31.4 Å². The van der Waals surface area contributed by atoms with Crippen LogP contribution in [0, 0.1) is 0 Å². The summed E-state index contributed by atoms with van der Waals surface area (Å²) in [5, 5.41) is 2.85. The molecule has 0 aliphatic carbocycles. The third-order valence-corrected chi connectivity index (χ3v) is 5.86. The van der Waals surface area contributed by atoms with Gasteiger partial charge in [-0.3, -0.25) is 4.79 Å². The van der Waals surface area contributed by atoms with Crippen molar-refractivity contribution in [1.29, 1.82) is 0 Å². The van der Waals surface area contributed by atoms with Crippen LogP contribution in [0.4, 0.5) is 0 Å². The van der Waals surface area contributed by atoms with Gasteiger partial charge in [-0.05, 0) is 48.9 Å². The summed E-state index contributed by atoms with van der Waals surface area (Å²) in [4.78, 5) is 12.2. The molecule has 0 bridgehead atoms. The molecule has 0 aliphatic rings. The SMILES string of the molecule is COCCNS(=O)(=O)c1ccc(OCC(=O)NC(C)c2ccc(Br)cc2)cc1. The summed E-state index contributed by atoms with van der Waals surface area (Å²) in [5.41, 5.74) is 0.979. The monoisotopic (exact) mass is 470 g/mol. The molecule has 2 N–H and O–H groups in total. The quantitative estimate of drug-likeness (QED) is 0.520.